The summed E-state index contributed by atoms with van der Waals surface area (Å²) < 4.78 is 36.6. The maximum atomic E-state index is 13.5. The van der Waals surface area contributed by atoms with E-state index in [9.17, 15) is 23.2 Å². The summed E-state index contributed by atoms with van der Waals surface area (Å²) in [5.74, 6) is -3.24. The zero-order valence-corrected chi connectivity index (χ0v) is 16.0. The summed E-state index contributed by atoms with van der Waals surface area (Å²) in [5, 5.41) is 4.59. The standard InChI is InChI=1S/C20H20F2N2O5/c1-20(2,3)29-19(27)23-14-6-4-5-12(9-14)18(26)28-11-17(25)24-16-10-13(21)7-8-15(16)22/h4-10H,11H2,1-3H3,(H,23,27)(H,24,25). The van der Waals surface area contributed by atoms with Crippen LogP contribution in [0.1, 0.15) is 31.1 Å². The topological polar surface area (TPSA) is 93.7 Å². The Bertz CT molecular complexity index is 925. The summed E-state index contributed by atoms with van der Waals surface area (Å²) >= 11 is 0. The second kappa shape index (κ2) is 9.13. The van der Waals surface area contributed by atoms with Gasteiger partial charge in [0.25, 0.3) is 5.91 Å². The minimum absolute atomic E-state index is 0.0725. The number of hydrogen-bond donors (Lipinski definition) is 2. The normalized spacial score (nSPS) is 10.8. The van der Waals surface area contributed by atoms with Gasteiger partial charge in [0.1, 0.15) is 17.2 Å². The van der Waals surface area contributed by atoms with Crippen LogP contribution < -0.4 is 10.6 Å². The number of rotatable bonds is 5. The van der Waals surface area contributed by atoms with Crippen molar-refractivity contribution in [1.82, 2.24) is 0 Å². The molecule has 0 fully saturated rings. The molecule has 0 aliphatic rings. The van der Waals surface area contributed by atoms with Gasteiger partial charge in [0.05, 0.1) is 11.3 Å². The predicted molar refractivity (Wildman–Crippen MR) is 102 cm³/mol. The van der Waals surface area contributed by atoms with Crippen LogP contribution in [0.15, 0.2) is 42.5 Å². The Balaban J connectivity index is 1.92. The molecule has 9 heteroatoms. The smallest absolute Gasteiger partial charge is 0.412 e. The van der Waals surface area contributed by atoms with E-state index in [0.29, 0.717) is 5.69 Å². The fraction of sp³-hybridized carbons (Fsp3) is 0.250. The van der Waals surface area contributed by atoms with Crippen molar-refractivity contribution in [1.29, 1.82) is 0 Å². The van der Waals surface area contributed by atoms with Crippen LogP contribution in [0.25, 0.3) is 0 Å². The molecule has 0 aromatic heterocycles. The number of ether oxygens (including phenoxy) is 2. The molecule has 0 atom stereocenters. The van der Waals surface area contributed by atoms with E-state index in [2.05, 4.69) is 10.6 Å². The average Bonchev–Trinajstić information content (AvgIpc) is 2.61. The van der Waals surface area contributed by atoms with E-state index < -0.39 is 41.8 Å². The van der Waals surface area contributed by atoms with Crippen molar-refractivity contribution in [2.75, 3.05) is 17.2 Å². The Morgan fingerprint density at radius 2 is 1.72 bits per heavy atom. The van der Waals surface area contributed by atoms with Crippen molar-refractivity contribution < 1.29 is 32.6 Å². The molecule has 0 saturated carbocycles. The molecule has 0 saturated heterocycles. The summed E-state index contributed by atoms with van der Waals surface area (Å²) in [5.41, 5.74) is -0.687. The number of nitrogens with one attached hydrogen (secondary N) is 2. The van der Waals surface area contributed by atoms with E-state index >= 15 is 0 Å². The van der Waals surface area contributed by atoms with Crippen LogP contribution >= 0.6 is 0 Å². The number of halogens is 2. The monoisotopic (exact) mass is 406 g/mol. The first-order valence-electron chi connectivity index (χ1n) is 8.55. The van der Waals surface area contributed by atoms with E-state index in [1.54, 1.807) is 26.8 Å². The van der Waals surface area contributed by atoms with Crippen molar-refractivity contribution in [2.24, 2.45) is 0 Å². The largest absolute Gasteiger partial charge is 0.452 e. The molecule has 2 N–H and O–H groups in total. The number of anilines is 2. The van der Waals surface area contributed by atoms with Gasteiger partial charge in [-0.2, -0.15) is 0 Å². The highest BCUT2D eigenvalue weighted by Gasteiger charge is 2.17. The van der Waals surface area contributed by atoms with Gasteiger partial charge < -0.3 is 14.8 Å². The van der Waals surface area contributed by atoms with Gasteiger partial charge in [-0.3, -0.25) is 10.1 Å². The van der Waals surface area contributed by atoms with Gasteiger partial charge in [-0.15, -0.1) is 0 Å². The Kier molecular flexibility index (Phi) is 6.87. The van der Waals surface area contributed by atoms with Gasteiger partial charge in [-0.25, -0.2) is 18.4 Å². The molecule has 2 rings (SSSR count). The molecule has 29 heavy (non-hydrogen) atoms. The molecule has 2 aromatic rings. The molecule has 0 aliphatic carbocycles. The lowest BCUT2D eigenvalue weighted by atomic mass is 10.2. The summed E-state index contributed by atoms with van der Waals surface area (Å²) in [6.07, 6.45) is -0.695. The van der Waals surface area contributed by atoms with Crippen LogP contribution in [0.3, 0.4) is 0 Å². The van der Waals surface area contributed by atoms with Crippen molar-refractivity contribution in [3.05, 3.63) is 59.7 Å². The zero-order chi connectivity index (χ0) is 21.6. The van der Waals surface area contributed by atoms with Crippen LogP contribution in [0.5, 0.6) is 0 Å². The van der Waals surface area contributed by atoms with E-state index in [-0.39, 0.29) is 11.3 Å². The fourth-order valence-electron chi connectivity index (χ4n) is 2.14. The van der Waals surface area contributed by atoms with E-state index in [1.807, 2.05) is 0 Å². The second-order valence-corrected chi connectivity index (χ2v) is 6.96. The summed E-state index contributed by atoms with van der Waals surface area (Å²) in [4.78, 5) is 35.7. The average molecular weight is 406 g/mol. The molecule has 2 amide bonds. The SMILES string of the molecule is CC(C)(C)OC(=O)Nc1cccc(C(=O)OCC(=O)Nc2cc(F)ccc2F)c1. The molecule has 0 unspecified atom stereocenters. The fourth-order valence-corrected chi connectivity index (χ4v) is 2.14. The lowest BCUT2D eigenvalue weighted by molar-refractivity contribution is -0.119. The maximum Gasteiger partial charge on any atom is 0.412 e. The molecule has 0 bridgehead atoms. The van der Waals surface area contributed by atoms with Gasteiger partial charge in [0.2, 0.25) is 0 Å². The zero-order valence-electron chi connectivity index (χ0n) is 16.0. The molecule has 0 heterocycles. The highest BCUT2D eigenvalue weighted by Crippen LogP contribution is 2.16. The number of amides is 2. The van der Waals surface area contributed by atoms with Crippen LogP contribution in [-0.2, 0) is 14.3 Å². The van der Waals surface area contributed by atoms with Crippen LogP contribution in [-0.4, -0.2) is 30.2 Å². The molecular formula is C20H20F2N2O5. The second-order valence-electron chi connectivity index (χ2n) is 6.96. The number of carbonyl (C=O) groups is 3. The lowest BCUT2D eigenvalue weighted by Gasteiger charge is -2.19. The maximum absolute atomic E-state index is 13.5. The first-order valence-corrected chi connectivity index (χ1v) is 8.55. The van der Waals surface area contributed by atoms with Gasteiger partial charge in [0.15, 0.2) is 6.61 Å². The predicted octanol–water partition coefficient (Wildman–Crippen LogP) is 4.11. The van der Waals surface area contributed by atoms with Crippen molar-refractivity contribution in [3.63, 3.8) is 0 Å². The number of carbonyl (C=O) groups excluding carboxylic acids is 3. The highest BCUT2D eigenvalue weighted by atomic mass is 19.1. The summed E-state index contributed by atoms with van der Waals surface area (Å²) in [7, 11) is 0. The van der Waals surface area contributed by atoms with Gasteiger partial charge >= 0.3 is 12.1 Å². The van der Waals surface area contributed by atoms with Crippen molar-refractivity contribution in [3.8, 4) is 0 Å². The number of hydrogen-bond acceptors (Lipinski definition) is 5. The first-order chi connectivity index (χ1) is 13.5. The van der Waals surface area contributed by atoms with E-state index in [4.69, 9.17) is 9.47 Å². The molecule has 2 aromatic carbocycles. The van der Waals surface area contributed by atoms with Crippen molar-refractivity contribution >= 4 is 29.3 Å². The van der Waals surface area contributed by atoms with Gasteiger partial charge in [-0.1, -0.05) is 6.07 Å². The summed E-state index contributed by atoms with van der Waals surface area (Å²) in [6.45, 7) is 4.42. The van der Waals surface area contributed by atoms with Crippen LogP contribution in [0.2, 0.25) is 0 Å². The third-order valence-electron chi connectivity index (χ3n) is 3.28. The molecule has 7 nitrogen and oxygen atoms in total. The molecular weight excluding hydrogens is 386 g/mol. The Morgan fingerprint density at radius 1 is 1.00 bits per heavy atom. The molecule has 154 valence electrons. The first kappa shape index (κ1) is 21.8. The quantitative estimate of drug-likeness (QED) is 0.729. The van der Waals surface area contributed by atoms with E-state index in [1.165, 1.54) is 18.2 Å². The molecule has 0 radical (unpaired) electrons. The van der Waals surface area contributed by atoms with Gasteiger partial charge in [-0.05, 0) is 51.1 Å². The Labute approximate surface area is 166 Å². The lowest BCUT2D eigenvalue weighted by Crippen LogP contribution is -2.27. The highest BCUT2D eigenvalue weighted by molar-refractivity contribution is 5.96. The van der Waals surface area contributed by atoms with E-state index in [0.717, 1.165) is 18.2 Å². The minimum Gasteiger partial charge on any atom is -0.452 e. The van der Waals surface area contributed by atoms with Crippen LogP contribution in [0, 0.1) is 11.6 Å². The Hall–Kier alpha value is -3.49. The van der Waals surface area contributed by atoms with Gasteiger partial charge in [0, 0.05) is 11.8 Å². The third kappa shape index (κ3) is 7.21. The minimum atomic E-state index is -0.842. The summed E-state index contributed by atoms with van der Waals surface area (Å²) in [6, 6.07) is 8.39. The van der Waals surface area contributed by atoms with Crippen LogP contribution in [0.4, 0.5) is 25.0 Å². The number of esters is 1. The molecule has 0 spiro atoms. The Morgan fingerprint density at radius 3 is 2.41 bits per heavy atom. The van der Waals surface area contributed by atoms with Crippen molar-refractivity contribution in [2.45, 2.75) is 26.4 Å². The number of benzene rings is 2. The third-order valence-corrected chi connectivity index (χ3v) is 3.28. The molecule has 0 aliphatic heterocycles.